The first kappa shape index (κ1) is 15.1. The monoisotopic (exact) mass is 308 g/mol. The second-order valence-electron chi connectivity index (χ2n) is 4.73. The summed E-state index contributed by atoms with van der Waals surface area (Å²) in [6.45, 7) is 4.22. The van der Waals surface area contributed by atoms with E-state index in [9.17, 15) is 0 Å². The summed E-state index contributed by atoms with van der Waals surface area (Å²) in [6, 6.07) is 8.23. The summed E-state index contributed by atoms with van der Waals surface area (Å²) in [4.78, 5) is 0. The Kier molecular flexibility index (Phi) is 6.27. The molecule has 0 radical (unpaired) electrons. The maximum atomic E-state index is 7.91. The van der Waals surface area contributed by atoms with Gasteiger partial charge in [0, 0.05) is 16.1 Å². The Labute approximate surface area is 118 Å². The van der Waals surface area contributed by atoms with E-state index in [2.05, 4.69) is 41.9 Å². The van der Waals surface area contributed by atoms with E-state index in [1.54, 1.807) is 0 Å². The third-order valence-corrected chi connectivity index (χ3v) is 3.76. The molecule has 0 saturated carbocycles. The van der Waals surface area contributed by atoms with E-state index in [4.69, 9.17) is 10.8 Å². The number of hydrogen-bond donors (Lipinski definition) is 2. The van der Waals surface area contributed by atoms with Crippen LogP contribution in [0.25, 0.3) is 0 Å². The molecule has 0 aliphatic rings. The van der Waals surface area contributed by atoms with Crippen LogP contribution in [0.2, 0.25) is 0 Å². The molecule has 0 aromatic heterocycles. The lowest BCUT2D eigenvalue weighted by molar-refractivity contribution is 0.595. The lowest BCUT2D eigenvalue weighted by Crippen LogP contribution is -2.15. The van der Waals surface area contributed by atoms with Crippen LogP contribution in [0.15, 0.2) is 28.7 Å². The van der Waals surface area contributed by atoms with Gasteiger partial charge in [0.05, 0.1) is 0 Å². The van der Waals surface area contributed by atoms with Gasteiger partial charge >= 0.3 is 0 Å². The van der Waals surface area contributed by atoms with Crippen LogP contribution in [0.3, 0.4) is 0 Å². The van der Waals surface area contributed by atoms with E-state index in [-0.39, 0.29) is 11.8 Å². The van der Waals surface area contributed by atoms with Gasteiger partial charge in [0.15, 0.2) is 0 Å². The van der Waals surface area contributed by atoms with Crippen molar-refractivity contribution in [1.82, 2.24) is 0 Å². The summed E-state index contributed by atoms with van der Waals surface area (Å²) in [5.41, 5.74) is 1.98. The maximum Gasteiger partial charge on any atom is 0.0178 e. The Morgan fingerprint density at radius 2 is 2.17 bits per heavy atom. The van der Waals surface area contributed by atoms with E-state index in [1.807, 2.05) is 12.1 Å². The summed E-state index contributed by atoms with van der Waals surface area (Å²) in [5, 5.41) is 15.5. The fraction of sp³-hybridized carbons (Fsp3) is 0.467. The minimum absolute atomic E-state index is 0.123. The van der Waals surface area contributed by atoms with Crippen molar-refractivity contribution in [2.24, 2.45) is 5.92 Å². The van der Waals surface area contributed by atoms with Gasteiger partial charge < -0.3 is 10.8 Å². The Morgan fingerprint density at radius 1 is 1.44 bits per heavy atom. The van der Waals surface area contributed by atoms with Gasteiger partial charge in [-0.3, -0.25) is 0 Å². The minimum Gasteiger partial charge on any atom is -0.313 e. The molecule has 0 saturated heterocycles. The lowest BCUT2D eigenvalue weighted by Gasteiger charge is -2.21. The molecule has 1 aromatic rings. The molecular formula is C15H21BrN2. The third-order valence-electron chi connectivity index (χ3n) is 3.26. The van der Waals surface area contributed by atoms with Crippen molar-refractivity contribution in [1.29, 1.82) is 10.8 Å². The second kappa shape index (κ2) is 7.47. The van der Waals surface area contributed by atoms with Crippen LogP contribution in [-0.2, 0) is 0 Å². The van der Waals surface area contributed by atoms with E-state index in [1.165, 1.54) is 11.8 Å². The minimum atomic E-state index is 0.123. The standard InChI is InChI=1S/C15H21BrN2/c1-3-5-15(18)9-13(10-17)11(2)12-6-4-7-14(16)8-12/h4,6-8,10-11,13,17-18H,3,5,9H2,1-2H3. The molecule has 2 unspecified atom stereocenters. The van der Waals surface area contributed by atoms with Crippen molar-refractivity contribution >= 4 is 27.9 Å². The van der Waals surface area contributed by atoms with Crippen molar-refractivity contribution in [3.8, 4) is 0 Å². The smallest absolute Gasteiger partial charge is 0.0178 e. The normalized spacial score (nSPS) is 13.9. The first-order valence-corrected chi connectivity index (χ1v) is 7.20. The van der Waals surface area contributed by atoms with Gasteiger partial charge in [0.25, 0.3) is 0 Å². The van der Waals surface area contributed by atoms with Gasteiger partial charge in [-0.15, -0.1) is 0 Å². The van der Waals surface area contributed by atoms with E-state index >= 15 is 0 Å². The highest BCUT2D eigenvalue weighted by atomic mass is 79.9. The fourth-order valence-corrected chi connectivity index (χ4v) is 2.52. The first-order chi connectivity index (χ1) is 8.58. The van der Waals surface area contributed by atoms with Crippen LogP contribution >= 0.6 is 15.9 Å². The van der Waals surface area contributed by atoms with Crippen LogP contribution in [-0.4, -0.2) is 11.9 Å². The van der Waals surface area contributed by atoms with Gasteiger partial charge in [0.1, 0.15) is 0 Å². The second-order valence-corrected chi connectivity index (χ2v) is 5.65. The zero-order chi connectivity index (χ0) is 13.5. The fourth-order valence-electron chi connectivity index (χ4n) is 2.11. The molecule has 2 N–H and O–H groups in total. The summed E-state index contributed by atoms with van der Waals surface area (Å²) >= 11 is 3.48. The quantitative estimate of drug-likeness (QED) is 0.664. The maximum absolute atomic E-state index is 7.91. The first-order valence-electron chi connectivity index (χ1n) is 6.40. The Balaban J connectivity index is 2.76. The number of halogens is 1. The van der Waals surface area contributed by atoms with Gasteiger partial charge in [-0.1, -0.05) is 48.3 Å². The molecule has 2 atom stereocenters. The molecule has 0 fully saturated rings. The molecule has 98 valence electrons. The molecule has 0 amide bonds. The highest BCUT2D eigenvalue weighted by Crippen LogP contribution is 2.28. The molecule has 0 aliphatic heterocycles. The predicted molar refractivity (Wildman–Crippen MR) is 82.1 cm³/mol. The van der Waals surface area contributed by atoms with Crippen LogP contribution in [0.5, 0.6) is 0 Å². The molecule has 1 rings (SSSR count). The van der Waals surface area contributed by atoms with Gasteiger partial charge in [-0.25, -0.2) is 0 Å². The van der Waals surface area contributed by atoms with E-state index in [0.29, 0.717) is 6.42 Å². The summed E-state index contributed by atoms with van der Waals surface area (Å²) < 4.78 is 1.07. The summed E-state index contributed by atoms with van der Waals surface area (Å²) in [5.74, 6) is 0.399. The number of rotatable bonds is 7. The van der Waals surface area contributed by atoms with Crippen molar-refractivity contribution in [3.05, 3.63) is 34.3 Å². The Morgan fingerprint density at radius 3 is 2.72 bits per heavy atom. The SMILES string of the molecule is CCCC(=N)CC(C=N)C(C)c1cccc(Br)c1. The summed E-state index contributed by atoms with van der Waals surface area (Å²) in [7, 11) is 0. The molecule has 0 spiro atoms. The molecule has 2 nitrogen and oxygen atoms in total. The Hall–Kier alpha value is -0.960. The van der Waals surface area contributed by atoms with Gasteiger partial charge in [-0.2, -0.15) is 0 Å². The number of benzene rings is 1. The van der Waals surface area contributed by atoms with Crippen molar-refractivity contribution in [2.45, 2.75) is 39.0 Å². The highest BCUT2D eigenvalue weighted by molar-refractivity contribution is 9.10. The highest BCUT2D eigenvalue weighted by Gasteiger charge is 2.18. The zero-order valence-electron chi connectivity index (χ0n) is 11.0. The van der Waals surface area contributed by atoms with Crippen molar-refractivity contribution in [3.63, 3.8) is 0 Å². The molecular weight excluding hydrogens is 288 g/mol. The third kappa shape index (κ3) is 4.37. The zero-order valence-corrected chi connectivity index (χ0v) is 12.6. The summed E-state index contributed by atoms with van der Waals surface area (Å²) in [6.07, 6.45) is 4.05. The topological polar surface area (TPSA) is 47.7 Å². The average molecular weight is 309 g/mol. The molecule has 0 bridgehead atoms. The predicted octanol–water partition coefficient (Wildman–Crippen LogP) is 5.03. The van der Waals surface area contributed by atoms with E-state index in [0.717, 1.165) is 23.0 Å². The molecule has 1 aromatic carbocycles. The van der Waals surface area contributed by atoms with Crippen LogP contribution in [0.1, 0.15) is 44.6 Å². The largest absolute Gasteiger partial charge is 0.313 e. The number of nitrogens with one attached hydrogen (secondary N) is 2. The molecule has 0 aliphatic carbocycles. The number of hydrogen-bond acceptors (Lipinski definition) is 2. The van der Waals surface area contributed by atoms with Crippen LogP contribution in [0.4, 0.5) is 0 Å². The van der Waals surface area contributed by atoms with Crippen LogP contribution in [0, 0.1) is 16.7 Å². The average Bonchev–Trinajstić information content (AvgIpc) is 2.35. The molecule has 3 heteroatoms. The Bertz CT molecular complexity index is 415. The van der Waals surface area contributed by atoms with Gasteiger partial charge in [0.2, 0.25) is 0 Å². The van der Waals surface area contributed by atoms with Crippen molar-refractivity contribution < 1.29 is 0 Å². The van der Waals surface area contributed by atoms with Crippen LogP contribution < -0.4 is 0 Å². The molecule has 0 heterocycles. The van der Waals surface area contributed by atoms with Gasteiger partial charge in [-0.05, 0) is 42.7 Å². The lowest BCUT2D eigenvalue weighted by atomic mass is 9.84. The van der Waals surface area contributed by atoms with E-state index < -0.39 is 0 Å². The van der Waals surface area contributed by atoms with Crippen molar-refractivity contribution in [2.75, 3.05) is 0 Å². The molecule has 18 heavy (non-hydrogen) atoms.